The predicted octanol–water partition coefficient (Wildman–Crippen LogP) is 0.783. The highest BCUT2D eigenvalue weighted by molar-refractivity contribution is 6.39. The summed E-state index contributed by atoms with van der Waals surface area (Å²) in [6.45, 7) is 4.52. The van der Waals surface area contributed by atoms with E-state index >= 15 is 0 Å². The molecule has 2 rings (SSSR count). The van der Waals surface area contributed by atoms with Gasteiger partial charge in [-0.2, -0.15) is 0 Å². The van der Waals surface area contributed by atoms with Crippen molar-refractivity contribution in [3.05, 3.63) is 24.5 Å². The van der Waals surface area contributed by atoms with Gasteiger partial charge in [-0.05, 0) is 25.0 Å². The third-order valence-corrected chi connectivity index (χ3v) is 3.69. The Morgan fingerprint density at radius 3 is 2.78 bits per heavy atom. The number of hydrogen-bond donors (Lipinski definition) is 2. The van der Waals surface area contributed by atoms with E-state index in [9.17, 15) is 14.4 Å². The fourth-order valence-corrected chi connectivity index (χ4v) is 2.41. The second-order valence-electron chi connectivity index (χ2n) is 5.95. The van der Waals surface area contributed by atoms with Crippen LogP contribution in [0.25, 0.3) is 0 Å². The van der Waals surface area contributed by atoms with Crippen LogP contribution in [0.1, 0.15) is 26.7 Å². The molecular formula is C16H22N4O3. The van der Waals surface area contributed by atoms with Gasteiger partial charge in [0, 0.05) is 31.2 Å². The average Bonchev–Trinajstić information content (AvgIpc) is 2.55. The van der Waals surface area contributed by atoms with Crippen LogP contribution in [0.4, 0.5) is 5.69 Å². The third-order valence-electron chi connectivity index (χ3n) is 3.69. The fraction of sp³-hybridized carbons (Fsp3) is 0.500. The van der Waals surface area contributed by atoms with Crippen molar-refractivity contribution in [1.82, 2.24) is 15.2 Å². The number of carbonyl (C=O) groups excluding carboxylic acids is 3. The van der Waals surface area contributed by atoms with Crippen LogP contribution >= 0.6 is 0 Å². The molecule has 124 valence electrons. The van der Waals surface area contributed by atoms with E-state index in [1.165, 1.54) is 11.1 Å². The molecule has 0 aromatic carbocycles. The Bertz CT molecular complexity index is 574. The first-order valence-corrected chi connectivity index (χ1v) is 7.78. The summed E-state index contributed by atoms with van der Waals surface area (Å²) in [4.78, 5) is 41.4. The number of nitrogens with one attached hydrogen (secondary N) is 2. The lowest BCUT2D eigenvalue weighted by atomic mass is 10.0. The first-order valence-electron chi connectivity index (χ1n) is 7.78. The summed E-state index contributed by atoms with van der Waals surface area (Å²) in [7, 11) is 0. The first kappa shape index (κ1) is 16.9. The molecule has 2 heterocycles. The van der Waals surface area contributed by atoms with Gasteiger partial charge in [-0.25, -0.2) is 0 Å². The Balaban J connectivity index is 1.91. The maximum Gasteiger partial charge on any atom is 0.313 e. The summed E-state index contributed by atoms with van der Waals surface area (Å²) in [5.41, 5.74) is 0.479. The van der Waals surface area contributed by atoms with Gasteiger partial charge in [-0.15, -0.1) is 0 Å². The molecule has 1 saturated heterocycles. The van der Waals surface area contributed by atoms with Gasteiger partial charge in [-0.3, -0.25) is 19.4 Å². The SMILES string of the molecule is CC(C)C(=O)N[C@H]1CCCN(C(=O)C(=O)Nc2cccnc2)C1. The van der Waals surface area contributed by atoms with Crippen molar-refractivity contribution in [2.24, 2.45) is 5.92 Å². The van der Waals surface area contributed by atoms with Crippen molar-refractivity contribution in [3.8, 4) is 0 Å². The Morgan fingerprint density at radius 1 is 1.35 bits per heavy atom. The van der Waals surface area contributed by atoms with E-state index in [1.54, 1.807) is 18.3 Å². The van der Waals surface area contributed by atoms with Crippen molar-refractivity contribution in [3.63, 3.8) is 0 Å². The number of nitrogens with zero attached hydrogens (tertiary/aromatic N) is 2. The zero-order valence-corrected chi connectivity index (χ0v) is 13.4. The van der Waals surface area contributed by atoms with Crippen LogP contribution in [0.5, 0.6) is 0 Å². The molecule has 0 unspecified atom stereocenters. The molecule has 2 N–H and O–H groups in total. The number of anilines is 1. The largest absolute Gasteiger partial charge is 0.351 e. The van der Waals surface area contributed by atoms with Crippen molar-refractivity contribution < 1.29 is 14.4 Å². The molecule has 1 fully saturated rings. The number of likely N-dealkylation sites (tertiary alicyclic amines) is 1. The minimum Gasteiger partial charge on any atom is -0.351 e. The van der Waals surface area contributed by atoms with Gasteiger partial charge in [0.1, 0.15) is 0 Å². The average molecular weight is 318 g/mol. The van der Waals surface area contributed by atoms with Gasteiger partial charge in [0.2, 0.25) is 5.91 Å². The monoisotopic (exact) mass is 318 g/mol. The molecule has 0 aliphatic carbocycles. The van der Waals surface area contributed by atoms with Gasteiger partial charge in [0.15, 0.2) is 0 Å². The highest BCUT2D eigenvalue weighted by Gasteiger charge is 2.28. The summed E-state index contributed by atoms with van der Waals surface area (Å²) in [5, 5.41) is 5.45. The van der Waals surface area contributed by atoms with Crippen LogP contribution in [0, 0.1) is 5.92 Å². The van der Waals surface area contributed by atoms with Gasteiger partial charge < -0.3 is 15.5 Å². The van der Waals surface area contributed by atoms with Crippen molar-refractivity contribution >= 4 is 23.4 Å². The Labute approximate surface area is 135 Å². The maximum atomic E-state index is 12.2. The molecule has 23 heavy (non-hydrogen) atoms. The fourth-order valence-electron chi connectivity index (χ4n) is 2.41. The molecule has 0 spiro atoms. The summed E-state index contributed by atoms with van der Waals surface area (Å²) in [5.74, 6) is -1.41. The maximum absolute atomic E-state index is 12.2. The van der Waals surface area contributed by atoms with Crippen LogP contribution in [-0.2, 0) is 14.4 Å². The lowest BCUT2D eigenvalue weighted by Gasteiger charge is -2.33. The van der Waals surface area contributed by atoms with Crippen LogP contribution in [0.15, 0.2) is 24.5 Å². The molecule has 1 atom stereocenters. The standard InChI is InChI=1S/C16H22N4O3/c1-11(2)14(21)19-13-6-4-8-20(10-13)16(23)15(22)18-12-5-3-7-17-9-12/h3,5,7,9,11,13H,4,6,8,10H2,1-2H3,(H,18,22)(H,19,21)/t13-/m0/s1. The molecule has 1 aromatic rings. The molecular weight excluding hydrogens is 296 g/mol. The molecule has 0 bridgehead atoms. The number of amides is 3. The van der Waals surface area contributed by atoms with Crippen molar-refractivity contribution in [1.29, 1.82) is 0 Å². The number of aromatic nitrogens is 1. The molecule has 0 saturated carbocycles. The molecule has 0 radical (unpaired) electrons. The normalized spacial score (nSPS) is 17.7. The number of pyridine rings is 1. The summed E-state index contributed by atoms with van der Waals surface area (Å²) >= 11 is 0. The van der Waals surface area contributed by atoms with E-state index in [0.29, 0.717) is 18.8 Å². The van der Waals surface area contributed by atoms with Crippen LogP contribution < -0.4 is 10.6 Å². The van der Waals surface area contributed by atoms with Gasteiger partial charge >= 0.3 is 11.8 Å². The van der Waals surface area contributed by atoms with E-state index in [-0.39, 0.29) is 17.9 Å². The Kier molecular flexibility index (Phi) is 5.67. The van der Waals surface area contributed by atoms with E-state index in [4.69, 9.17) is 0 Å². The molecule has 1 aliphatic heterocycles. The zero-order valence-electron chi connectivity index (χ0n) is 13.4. The molecule has 7 heteroatoms. The van der Waals surface area contributed by atoms with E-state index in [1.807, 2.05) is 13.8 Å². The number of hydrogen-bond acceptors (Lipinski definition) is 4. The second kappa shape index (κ2) is 7.71. The number of piperidine rings is 1. The van der Waals surface area contributed by atoms with Crippen LogP contribution in [-0.4, -0.2) is 46.7 Å². The molecule has 3 amide bonds. The Morgan fingerprint density at radius 2 is 2.13 bits per heavy atom. The Hall–Kier alpha value is -2.44. The highest BCUT2D eigenvalue weighted by Crippen LogP contribution is 2.12. The van der Waals surface area contributed by atoms with E-state index in [2.05, 4.69) is 15.6 Å². The third kappa shape index (κ3) is 4.77. The van der Waals surface area contributed by atoms with Gasteiger partial charge in [-0.1, -0.05) is 13.8 Å². The van der Waals surface area contributed by atoms with E-state index in [0.717, 1.165) is 12.8 Å². The lowest BCUT2D eigenvalue weighted by molar-refractivity contribution is -0.144. The highest BCUT2D eigenvalue weighted by atomic mass is 16.2. The predicted molar refractivity (Wildman–Crippen MR) is 85.4 cm³/mol. The number of rotatable bonds is 3. The minimum atomic E-state index is -0.686. The van der Waals surface area contributed by atoms with Gasteiger partial charge in [0.25, 0.3) is 0 Å². The summed E-state index contributed by atoms with van der Waals surface area (Å²) in [6, 6.07) is 3.24. The minimum absolute atomic E-state index is 0.0379. The summed E-state index contributed by atoms with van der Waals surface area (Å²) < 4.78 is 0. The zero-order chi connectivity index (χ0) is 16.8. The van der Waals surface area contributed by atoms with Crippen molar-refractivity contribution in [2.45, 2.75) is 32.7 Å². The smallest absolute Gasteiger partial charge is 0.313 e. The van der Waals surface area contributed by atoms with Crippen LogP contribution in [0.3, 0.4) is 0 Å². The molecule has 1 aliphatic rings. The molecule has 7 nitrogen and oxygen atoms in total. The lowest BCUT2D eigenvalue weighted by Crippen LogP contribution is -2.52. The van der Waals surface area contributed by atoms with Crippen molar-refractivity contribution in [2.75, 3.05) is 18.4 Å². The quantitative estimate of drug-likeness (QED) is 0.806. The van der Waals surface area contributed by atoms with E-state index < -0.39 is 11.8 Å². The van der Waals surface area contributed by atoms with Crippen LogP contribution in [0.2, 0.25) is 0 Å². The second-order valence-corrected chi connectivity index (χ2v) is 5.95. The number of carbonyl (C=O) groups is 3. The molecule has 1 aromatic heterocycles. The first-order chi connectivity index (χ1) is 11.0. The topological polar surface area (TPSA) is 91.4 Å². The van der Waals surface area contributed by atoms with Gasteiger partial charge in [0.05, 0.1) is 11.9 Å². The summed E-state index contributed by atoms with van der Waals surface area (Å²) in [6.07, 6.45) is 4.64.